The Balaban J connectivity index is 0.000000531. The van der Waals surface area contributed by atoms with Gasteiger partial charge < -0.3 is 10.1 Å². The van der Waals surface area contributed by atoms with Crippen LogP contribution in [0.25, 0.3) is 0 Å². The first-order valence-corrected chi connectivity index (χ1v) is 6.50. The maximum absolute atomic E-state index is 5.50. The summed E-state index contributed by atoms with van der Waals surface area (Å²) < 4.78 is 5.50. The van der Waals surface area contributed by atoms with E-state index in [0.717, 1.165) is 24.0 Å². The third-order valence-electron chi connectivity index (χ3n) is 2.12. The molecule has 3 nitrogen and oxygen atoms in total. The fraction of sp³-hybridized carbons (Fsp3) is 0.727. The van der Waals surface area contributed by atoms with E-state index in [1.807, 2.05) is 20.8 Å². The number of ether oxygens (including phenoxy) is 1. The predicted molar refractivity (Wildman–Crippen MR) is 65.7 cm³/mol. The molecule has 4 heteroatoms. The second-order valence-corrected chi connectivity index (χ2v) is 4.17. The highest BCUT2D eigenvalue weighted by molar-refractivity contribution is 7.13. The number of anilines is 1. The molecule has 1 aliphatic rings. The van der Waals surface area contributed by atoms with Crippen LogP contribution < -0.4 is 5.32 Å². The largest absolute Gasteiger partial charge is 0.376 e. The Morgan fingerprint density at radius 1 is 1.60 bits per heavy atom. The van der Waals surface area contributed by atoms with Crippen LogP contribution in [-0.2, 0) is 4.74 Å². The van der Waals surface area contributed by atoms with Crippen molar-refractivity contribution in [1.29, 1.82) is 0 Å². The van der Waals surface area contributed by atoms with Crippen molar-refractivity contribution in [3.05, 3.63) is 11.1 Å². The summed E-state index contributed by atoms with van der Waals surface area (Å²) in [6.45, 7) is 7.82. The second kappa shape index (κ2) is 6.80. The first-order chi connectivity index (χ1) is 7.34. The number of rotatable bonds is 3. The summed E-state index contributed by atoms with van der Waals surface area (Å²) in [5, 5.41) is 6.35. The molecule has 15 heavy (non-hydrogen) atoms. The SMILES string of the molecule is CC.Cc1csc(NCC2CCCO2)n1. The fourth-order valence-electron chi connectivity index (χ4n) is 1.44. The molecule has 86 valence electrons. The number of aryl methyl sites for hydroxylation is 1. The summed E-state index contributed by atoms with van der Waals surface area (Å²) in [5.41, 5.74) is 1.08. The summed E-state index contributed by atoms with van der Waals surface area (Å²) in [5.74, 6) is 0. The molecule has 1 atom stereocenters. The molecule has 1 aromatic heterocycles. The number of hydrogen-bond donors (Lipinski definition) is 1. The first kappa shape index (κ1) is 12.5. The van der Waals surface area contributed by atoms with Crippen LogP contribution in [0.1, 0.15) is 32.4 Å². The topological polar surface area (TPSA) is 34.1 Å². The molecule has 0 saturated carbocycles. The van der Waals surface area contributed by atoms with Crippen molar-refractivity contribution in [3.63, 3.8) is 0 Å². The molecule has 0 aromatic carbocycles. The number of nitrogens with one attached hydrogen (secondary N) is 1. The van der Waals surface area contributed by atoms with Gasteiger partial charge >= 0.3 is 0 Å². The summed E-state index contributed by atoms with van der Waals surface area (Å²) in [6, 6.07) is 0. The standard InChI is InChI=1S/C9H14N2OS.C2H6/c1-7-6-13-9(11-7)10-5-8-3-2-4-12-8;1-2/h6,8H,2-5H2,1H3,(H,10,11);1-2H3. The highest BCUT2D eigenvalue weighted by Crippen LogP contribution is 2.17. The average Bonchev–Trinajstić information content (AvgIpc) is 2.89. The molecule has 2 rings (SSSR count). The number of thiazole rings is 1. The Hall–Kier alpha value is -0.610. The molecule has 1 aromatic rings. The van der Waals surface area contributed by atoms with Gasteiger partial charge in [0.15, 0.2) is 5.13 Å². The Morgan fingerprint density at radius 3 is 2.93 bits per heavy atom. The minimum Gasteiger partial charge on any atom is -0.376 e. The van der Waals surface area contributed by atoms with Crippen molar-refractivity contribution in [3.8, 4) is 0 Å². The average molecular weight is 228 g/mol. The van der Waals surface area contributed by atoms with Crippen molar-refractivity contribution in [2.24, 2.45) is 0 Å². The van der Waals surface area contributed by atoms with E-state index in [4.69, 9.17) is 4.74 Å². The lowest BCUT2D eigenvalue weighted by molar-refractivity contribution is 0.120. The van der Waals surface area contributed by atoms with E-state index < -0.39 is 0 Å². The van der Waals surface area contributed by atoms with E-state index in [2.05, 4.69) is 15.7 Å². The van der Waals surface area contributed by atoms with Gasteiger partial charge in [0.05, 0.1) is 11.8 Å². The van der Waals surface area contributed by atoms with Crippen LogP contribution in [0.3, 0.4) is 0 Å². The van der Waals surface area contributed by atoms with Gasteiger partial charge in [-0.3, -0.25) is 0 Å². The van der Waals surface area contributed by atoms with Gasteiger partial charge in [-0.2, -0.15) is 0 Å². The minimum atomic E-state index is 0.393. The van der Waals surface area contributed by atoms with Crippen molar-refractivity contribution >= 4 is 16.5 Å². The maximum Gasteiger partial charge on any atom is 0.182 e. The second-order valence-electron chi connectivity index (χ2n) is 3.31. The lowest BCUT2D eigenvalue weighted by atomic mass is 10.2. The third kappa shape index (κ3) is 4.18. The maximum atomic E-state index is 5.50. The zero-order chi connectivity index (χ0) is 11.1. The number of nitrogens with zero attached hydrogens (tertiary/aromatic N) is 1. The zero-order valence-electron chi connectivity index (χ0n) is 9.75. The molecule has 1 saturated heterocycles. The molecule has 0 spiro atoms. The van der Waals surface area contributed by atoms with Crippen LogP contribution in [-0.4, -0.2) is 24.2 Å². The van der Waals surface area contributed by atoms with Gasteiger partial charge in [0.25, 0.3) is 0 Å². The van der Waals surface area contributed by atoms with Crippen LogP contribution in [0.5, 0.6) is 0 Å². The Morgan fingerprint density at radius 2 is 2.40 bits per heavy atom. The first-order valence-electron chi connectivity index (χ1n) is 5.62. The third-order valence-corrected chi connectivity index (χ3v) is 3.04. The summed E-state index contributed by atoms with van der Waals surface area (Å²) >= 11 is 1.66. The predicted octanol–water partition coefficient (Wildman–Crippen LogP) is 3.07. The quantitative estimate of drug-likeness (QED) is 0.863. The van der Waals surface area contributed by atoms with Gasteiger partial charge in [0, 0.05) is 18.5 Å². The molecule has 0 radical (unpaired) electrons. The molecule has 0 amide bonds. The highest BCUT2D eigenvalue weighted by Gasteiger charge is 2.15. The Kier molecular flexibility index (Phi) is 5.65. The van der Waals surface area contributed by atoms with Crippen molar-refractivity contribution in [2.75, 3.05) is 18.5 Å². The Bertz CT molecular complexity index is 269. The van der Waals surface area contributed by atoms with Gasteiger partial charge in [-0.25, -0.2) is 4.98 Å². The van der Waals surface area contributed by atoms with Crippen molar-refractivity contribution < 1.29 is 4.74 Å². The van der Waals surface area contributed by atoms with E-state index in [1.54, 1.807) is 11.3 Å². The van der Waals surface area contributed by atoms with Crippen molar-refractivity contribution in [1.82, 2.24) is 4.98 Å². The van der Waals surface area contributed by atoms with Gasteiger partial charge in [-0.15, -0.1) is 11.3 Å². The van der Waals surface area contributed by atoms with E-state index >= 15 is 0 Å². The van der Waals surface area contributed by atoms with Crippen LogP contribution in [0, 0.1) is 6.92 Å². The molecule has 1 fully saturated rings. The van der Waals surface area contributed by atoms with Gasteiger partial charge in [-0.05, 0) is 19.8 Å². The lowest BCUT2D eigenvalue weighted by Gasteiger charge is -2.08. The number of hydrogen-bond acceptors (Lipinski definition) is 4. The molecular formula is C11H20N2OS. The summed E-state index contributed by atoms with van der Waals surface area (Å²) in [6.07, 6.45) is 2.77. The molecule has 1 aliphatic heterocycles. The summed E-state index contributed by atoms with van der Waals surface area (Å²) in [7, 11) is 0. The molecule has 0 bridgehead atoms. The van der Waals surface area contributed by atoms with E-state index in [-0.39, 0.29) is 0 Å². The van der Waals surface area contributed by atoms with Gasteiger partial charge in [-0.1, -0.05) is 13.8 Å². The molecule has 1 N–H and O–H groups in total. The van der Waals surface area contributed by atoms with E-state index in [0.29, 0.717) is 6.10 Å². The minimum absolute atomic E-state index is 0.393. The van der Waals surface area contributed by atoms with Crippen LogP contribution >= 0.6 is 11.3 Å². The normalized spacial score (nSPS) is 19.5. The fourth-order valence-corrected chi connectivity index (χ4v) is 2.14. The molecule has 1 unspecified atom stereocenters. The van der Waals surface area contributed by atoms with E-state index in [9.17, 15) is 0 Å². The zero-order valence-corrected chi connectivity index (χ0v) is 10.6. The molecule has 0 aliphatic carbocycles. The number of aromatic nitrogens is 1. The van der Waals surface area contributed by atoms with Gasteiger partial charge in [0.1, 0.15) is 0 Å². The molecular weight excluding hydrogens is 208 g/mol. The molecule has 2 heterocycles. The monoisotopic (exact) mass is 228 g/mol. The highest BCUT2D eigenvalue weighted by atomic mass is 32.1. The smallest absolute Gasteiger partial charge is 0.182 e. The Labute approximate surface area is 95.9 Å². The van der Waals surface area contributed by atoms with Crippen LogP contribution in [0.15, 0.2) is 5.38 Å². The van der Waals surface area contributed by atoms with Crippen molar-refractivity contribution in [2.45, 2.75) is 39.7 Å². The van der Waals surface area contributed by atoms with Crippen LogP contribution in [0.2, 0.25) is 0 Å². The van der Waals surface area contributed by atoms with Gasteiger partial charge in [0.2, 0.25) is 0 Å². The lowest BCUT2D eigenvalue weighted by Crippen LogP contribution is -2.18. The van der Waals surface area contributed by atoms with Crippen LogP contribution in [0.4, 0.5) is 5.13 Å². The van der Waals surface area contributed by atoms with E-state index in [1.165, 1.54) is 12.8 Å². The summed E-state index contributed by atoms with van der Waals surface area (Å²) in [4.78, 5) is 4.32.